The van der Waals surface area contributed by atoms with Gasteiger partial charge in [0.05, 0.1) is 6.33 Å². The molecular formula is C34H62N6O5. The molecule has 0 spiro atoms. The lowest BCUT2D eigenvalue weighted by molar-refractivity contribution is -0.149. The SMILES string of the molecule is CCCCCCCCCCCCCCCC(=O)NC(Cc1cnc[nH]1)C(=O)NC(CC(C)C)C(=O)NC(CC(C)C)C(=O)ON. The van der Waals surface area contributed by atoms with Gasteiger partial charge in [-0.1, -0.05) is 112 Å². The number of aromatic nitrogens is 2. The molecular weight excluding hydrogens is 572 g/mol. The fourth-order valence-electron chi connectivity index (χ4n) is 5.41. The molecule has 1 aromatic heterocycles. The van der Waals surface area contributed by atoms with Gasteiger partial charge in [-0.25, -0.2) is 9.78 Å². The van der Waals surface area contributed by atoms with E-state index in [1.807, 2.05) is 27.7 Å². The molecule has 11 heteroatoms. The van der Waals surface area contributed by atoms with Gasteiger partial charge in [0.2, 0.25) is 17.7 Å². The van der Waals surface area contributed by atoms with E-state index in [-0.39, 0.29) is 24.2 Å². The summed E-state index contributed by atoms with van der Waals surface area (Å²) in [6.45, 7) is 9.95. The lowest BCUT2D eigenvalue weighted by Gasteiger charge is -2.26. The maximum Gasteiger partial charge on any atom is 0.347 e. The van der Waals surface area contributed by atoms with Crippen LogP contribution in [0.1, 0.15) is 143 Å². The van der Waals surface area contributed by atoms with E-state index < -0.39 is 35.9 Å². The van der Waals surface area contributed by atoms with Crippen LogP contribution in [0.25, 0.3) is 0 Å². The van der Waals surface area contributed by atoms with Crippen molar-refractivity contribution in [2.45, 2.75) is 162 Å². The molecule has 0 radical (unpaired) electrons. The van der Waals surface area contributed by atoms with E-state index in [0.29, 0.717) is 25.0 Å². The highest BCUT2D eigenvalue weighted by molar-refractivity contribution is 5.93. The molecule has 3 atom stereocenters. The molecule has 0 aliphatic rings. The summed E-state index contributed by atoms with van der Waals surface area (Å²) in [5, 5.41) is 8.38. The average Bonchev–Trinajstić information content (AvgIpc) is 3.50. The molecule has 1 heterocycles. The minimum Gasteiger partial charge on any atom is -0.372 e. The highest BCUT2D eigenvalue weighted by atomic mass is 16.7. The smallest absolute Gasteiger partial charge is 0.347 e. The molecule has 1 rings (SSSR count). The third-order valence-electron chi connectivity index (χ3n) is 7.90. The van der Waals surface area contributed by atoms with Crippen LogP contribution in [0.5, 0.6) is 0 Å². The molecule has 45 heavy (non-hydrogen) atoms. The zero-order valence-corrected chi connectivity index (χ0v) is 28.6. The van der Waals surface area contributed by atoms with Crippen LogP contribution in [0.3, 0.4) is 0 Å². The van der Waals surface area contributed by atoms with Gasteiger partial charge in [-0.15, -0.1) is 0 Å². The fraction of sp³-hybridized carbons (Fsp3) is 0.794. The minimum atomic E-state index is -0.935. The minimum absolute atomic E-state index is 0.0715. The molecule has 0 aliphatic carbocycles. The van der Waals surface area contributed by atoms with E-state index in [4.69, 9.17) is 5.90 Å². The van der Waals surface area contributed by atoms with Crippen molar-refractivity contribution >= 4 is 23.7 Å². The monoisotopic (exact) mass is 634 g/mol. The van der Waals surface area contributed by atoms with Gasteiger partial charge in [0, 0.05) is 24.7 Å². The van der Waals surface area contributed by atoms with Crippen LogP contribution in [0, 0.1) is 11.8 Å². The predicted molar refractivity (Wildman–Crippen MR) is 178 cm³/mol. The lowest BCUT2D eigenvalue weighted by Crippen LogP contribution is -2.56. The Labute approximate surface area is 271 Å². The number of rotatable bonds is 26. The Morgan fingerprint density at radius 2 is 1.22 bits per heavy atom. The predicted octanol–water partition coefficient (Wildman–Crippen LogP) is 5.40. The summed E-state index contributed by atoms with van der Waals surface area (Å²) in [6.07, 6.45) is 20.2. The molecule has 3 unspecified atom stereocenters. The Kier molecular flexibility index (Phi) is 21.6. The van der Waals surface area contributed by atoms with Crippen molar-refractivity contribution in [3.05, 3.63) is 18.2 Å². The van der Waals surface area contributed by atoms with Gasteiger partial charge in [0.1, 0.15) is 18.1 Å². The molecule has 0 bridgehead atoms. The van der Waals surface area contributed by atoms with Crippen LogP contribution in [-0.4, -0.2) is 51.8 Å². The summed E-state index contributed by atoms with van der Waals surface area (Å²) in [5.74, 6) is 3.32. The largest absolute Gasteiger partial charge is 0.372 e. The zero-order valence-electron chi connectivity index (χ0n) is 28.6. The van der Waals surface area contributed by atoms with E-state index in [9.17, 15) is 19.2 Å². The summed E-state index contributed by atoms with van der Waals surface area (Å²) in [5.41, 5.74) is 0.684. The van der Waals surface area contributed by atoms with Crippen molar-refractivity contribution in [2.75, 3.05) is 0 Å². The Balaban J connectivity index is 2.63. The summed E-state index contributed by atoms with van der Waals surface area (Å²) < 4.78 is 0. The van der Waals surface area contributed by atoms with Crippen molar-refractivity contribution in [2.24, 2.45) is 17.7 Å². The van der Waals surface area contributed by atoms with Crippen molar-refractivity contribution in [3.63, 3.8) is 0 Å². The number of imidazole rings is 1. The number of amides is 3. The van der Waals surface area contributed by atoms with E-state index in [0.717, 1.165) is 19.3 Å². The first-order chi connectivity index (χ1) is 21.6. The highest BCUT2D eigenvalue weighted by Gasteiger charge is 2.31. The molecule has 0 saturated heterocycles. The molecule has 1 aromatic rings. The third-order valence-corrected chi connectivity index (χ3v) is 7.90. The summed E-state index contributed by atoms with van der Waals surface area (Å²) in [6, 6.07) is -2.75. The number of hydrogen-bond donors (Lipinski definition) is 5. The molecule has 6 N–H and O–H groups in total. The molecule has 11 nitrogen and oxygen atoms in total. The Morgan fingerprint density at radius 1 is 0.733 bits per heavy atom. The first kappa shape index (κ1) is 40.1. The van der Waals surface area contributed by atoms with Crippen LogP contribution in [0.4, 0.5) is 0 Å². The second-order valence-corrected chi connectivity index (χ2v) is 13.2. The van der Waals surface area contributed by atoms with Crippen LogP contribution < -0.4 is 21.8 Å². The van der Waals surface area contributed by atoms with Gasteiger partial charge in [0.15, 0.2) is 0 Å². The summed E-state index contributed by atoms with van der Waals surface area (Å²) >= 11 is 0. The molecule has 0 saturated carbocycles. The van der Waals surface area contributed by atoms with Crippen molar-refractivity contribution in [1.29, 1.82) is 0 Å². The standard InChI is InChI=1S/C34H62N6O5/c1-6-7-8-9-10-11-12-13-14-15-16-17-18-19-31(41)38-29(22-27-23-36-24-37-27)33(43)39-28(20-25(2)3)32(42)40-30(21-26(4)5)34(44)45-35/h23-26,28-30H,6-22,35H2,1-5H3,(H,36,37)(H,38,41)(H,39,43)(H,40,42). The summed E-state index contributed by atoms with van der Waals surface area (Å²) in [7, 11) is 0. The number of hydrogen-bond acceptors (Lipinski definition) is 7. The Hall–Kier alpha value is -2.95. The van der Waals surface area contributed by atoms with Crippen LogP contribution in [0.2, 0.25) is 0 Å². The van der Waals surface area contributed by atoms with Gasteiger partial charge in [0.25, 0.3) is 0 Å². The van der Waals surface area contributed by atoms with E-state index >= 15 is 0 Å². The second kappa shape index (κ2) is 24.3. The van der Waals surface area contributed by atoms with E-state index in [2.05, 4.69) is 37.7 Å². The van der Waals surface area contributed by atoms with Gasteiger partial charge in [-0.2, -0.15) is 5.90 Å². The highest BCUT2D eigenvalue weighted by Crippen LogP contribution is 2.14. The number of nitrogens with zero attached hydrogens (tertiary/aromatic N) is 1. The maximum atomic E-state index is 13.5. The average molecular weight is 635 g/mol. The molecule has 3 amide bonds. The zero-order chi connectivity index (χ0) is 33.5. The number of nitrogens with one attached hydrogen (secondary N) is 4. The van der Waals surface area contributed by atoms with E-state index in [1.165, 1.54) is 70.5 Å². The van der Waals surface area contributed by atoms with Crippen LogP contribution in [-0.2, 0) is 30.4 Å². The fourth-order valence-corrected chi connectivity index (χ4v) is 5.41. The molecule has 0 aliphatic heterocycles. The van der Waals surface area contributed by atoms with E-state index in [1.54, 1.807) is 6.20 Å². The van der Waals surface area contributed by atoms with Crippen molar-refractivity contribution < 1.29 is 24.0 Å². The van der Waals surface area contributed by atoms with Gasteiger partial charge >= 0.3 is 5.97 Å². The first-order valence-corrected chi connectivity index (χ1v) is 17.3. The van der Waals surface area contributed by atoms with Gasteiger partial charge in [-0.05, 0) is 31.1 Å². The van der Waals surface area contributed by atoms with Gasteiger partial charge < -0.3 is 25.8 Å². The number of aromatic amines is 1. The molecule has 0 fully saturated rings. The van der Waals surface area contributed by atoms with Crippen molar-refractivity contribution in [3.8, 4) is 0 Å². The van der Waals surface area contributed by atoms with Crippen LogP contribution >= 0.6 is 0 Å². The Morgan fingerprint density at radius 3 is 1.71 bits per heavy atom. The molecule has 258 valence electrons. The number of H-pyrrole nitrogens is 1. The quantitative estimate of drug-likeness (QED) is 0.0672. The number of unbranched alkanes of at least 4 members (excludes halogenated alkanes) is 12. The maximum absolute atomic E-state index is 13.5. The van der Waals surface area contributed by atoms with Crippen molar-refractivity contribution in [1.82, 2.24) is 25.9 Å². The number of carbonyl (C=O) groups is 4. The lowest BCUT2D eigenvalue weighted by atomic mass is 10.00. The van der Waals surface area contributed by atoms with Crippen LogP contribution in [0.15, 0.2) is 12.5 Å². The number of nitrogens with two attached hydrogens (primary N) is 1. The topological polar surface area (TPSA) is 168 Å². The second-order valence-electron chi connectivity index (χ2n) is 13.2. The number of carbonyl (C=O) groups excluding carboxylic acids is 4. The third kappa shape index (κ3) is 19.2. The normalized spacial score (nSPS) is 13.3. The molecule has 0 aromatic carbocycles. The van der Waals surface area contributed by atoms with Gasteiger partial charge in [-0.3, -0.25) is 14.4 Å². The Bertz CT molecular complexity index is 953. The first-order valence-electron chi connectivity index (χ1n) is 17.3. The summed E-state index contributed by atoms with van der Waals surface area (Å²) in [4.78, 5) is 63.2.